The summed E-state index contributed by atoms with van der Waals surface area (Å²) in [6, 6.07) is 7.52. The minimum atomic E-state index is -3.83. The van der Waals surface area contributed by atoms with Crippen LogP contribution in [0.5, 0.6) is 0 Å². The van der Waals surface area contributed by atoms with Crippen LogP contribution in [0.25, 0.3) is 0 Å². The maximum absolute atomic E-state index is 11.6. The summed E-state index contributed by atoms with van der Waals surface area (Å²) in [5.41, 5.74) is 0. The van der Waals surface area contributed by atoms with Crippen molar-refractivity contribution in [3.63, 3.8) is 0 Å². The zero-order chi connectivity index (χ0) is 12.0. The SMILES string of the molecule is O=S(=O)(OCCC=C(F)F)c1ccccc1. The molecule has 88 valence electrons. The topological polar surface area (TPSA) is 43.4 Å². The molecule has 0 aliphatic carbocycles. The number of benzene rings is 1. The van der Waals surface area contributed by atoms with E-state index < -0.39 is 16.2 Å². The van der Waals surface area contributed by atoms with Gasteiger partial charge in [0.05, 0.1) is 11.5 Å². The van der Waals surface area contributed by atoms with E-state index in [1.54, 1.807) is 18.2 Å². The van der Waals surface area contributed by atoms with E-state index in [1.165, 1.54) is 12.1 Å². The van der Waals surface area contributed by atoms with Gasteiger partial charge in [-0.25, -0.2) is 0 Å². The summed E-state index contributed by atoms with van der Waals surface area (Å²) in [6.45, 7) is -0.297. The molecule has 0 unspecified atom stereocenters. The molecule has 0 aliphatic heterocycles. The molecule has 0 saturated carbocycles. The van der Waals surface area contributed by atoms with Crippen LogP contribution in [-0.4, -0.2) is 15.0 Å². The van der Waals surface area contributed by atoms with Crippen molar-refractivity contribution >= 4 is 10.1 Å². The van der Waals surface area contributed by atoms with Gasteiger partial charge in [0.2, 0.25) is 0 Å². The second-order valence-corrected chi connectivity index (χ2v) is 4.49. The van der Waals surface area contributed by atoms with Crippen molar-refractivity contribution in [1.29, 1.82) is 0 Å². The first-order valence-corrected chi connectivity index (χ1v) is 5.89. The summed E-state index contributed by atoms with van der Waals surface area (Å²) in [7, 11) is -3.83. The highest BCUT2D eigenvalue weighted by molar-refractivity contribution is 7.86. The standard InChI is InChI=1S/C10H10F2O3S/c11-10(12)7-4-8-15-16(13,14)9-5-2-1-3-6-9/h1-3,5-7H,4,8H2. The molecule has 16 heavy (non-hydrogen) atoms. The first-order valence-electron chi connectivity index (χ1n) is 4.48. The maximum atomic E-state index is 11.6. The van der Waals surface area contributed by atoms with Gasteiger partial charge in [-0.05, 0) is 24.6 Å². The van der Waals surface area contributed by atoms with Crippen molar-refractivity contribution in [2.45, 2.75) is 11.3 Å². The summed E-state index contributed by atoms with van der Waals surface area (Å²) in [4.78, 5) is 0.0136. The first kappa shape index (κ1) is 12.8. The van der Waals surface area contributed by atoms with Crippen LogP contribution in [0.1, 0.15) is 6.42 Å². The molecule has 0 aromatic heterocycles. The summed E-state index contributed by atoms with van der Waals surface area (Å²) in [6.07, 6.45) is -1.38. The molecule has 0 saturated heterocycles. The van der Waals surface area contributed by atoms with Gasteiger partial charge in [0, 0.05) is 0 Å². The molecular weight excluding hydrogens is 238 g/mol. The molecule has 0 spiro atoms. The van der Waals surface area contributed by atoms with Crippen molar-refractivity contribution in [3.8, 4) is 0 Å². The minimum Gasteiger partial charge on any atom is -0.266 e. The molecule has 6 heteroatoms. The van der Waals surface area contributed by atoms with Crippen molar-refractivity contribution in [1.82, 2.24) is 0 Å². The van der Waals surface area contributed by atoms with Crippen LogP contribution in [0, 0.1) is 0 Å². The van der Waals surface area contributed by atoms with Gasteiger partial charge in [-0.15, -0.1) is 0 Å². The van der Waals surface area contributed by atoms with Gasteiger partial charge in [0.15, 0.2) is 0 Å². The quantitative estimate of drug-likeness (QED) is 0.594. The Hall–Kier alpha value is -1.27. The van der Waals surface area contributed by atoms with E-state index in [1.807, 2.05) is 0 Å². The van der Waals surface area contributed by atoms with Crippen LogP contribution in [0.15, 0.2) is 47.4 Å². The smallest absolute Gasteiger partial charge is 0.266 e. The van der Waals surface area contributed by atoms with Crippen LogP contribution in [-0.2, 0) is 14.3 Å². The fourth-order valence-electron chi connectivity index (χ4n) is 0.981. The summed E-state index contributed by atoms with van der Waals surface area (Å²) < 4.78 is 50.7. The van der Waals surface area contributed by atoms with E-state index in [4.69, 9.17) is 0 Å². The molecule has 0 fully saturated rings. The Morgan fingerprint density at radius 2 is 1.88 bits per heavy atom. The largest absolute Gasteiger partial charge is 0.296 e. The minimum absolute atomic E-state index is 0.0136. The van der Waals surface area contributed by atoms with E-state index in [0.29, 0.717) is 6.08 Å². The molecule has 0 radical (unpaired) electrons. The summed E-state index contributed by atoms with van der Waals surface area (Å²) in [5, 5.41) is 0. The van der Waals surface area contributed by atoms with Crippen molar-refractivity contribution < 1.29 is 21.4 Å². The van der Waals surface area contributed by atoms with Crippen LogP contribution in [0.4, 0.5) is 8.78 Å². The Kier molecular flexibility index (Phi) is 4.57. The lowest BCUT2D eigenvalue weighted by Gasteiger charge is -2.03. The predicted octanol–water partition coefficient (Wildman–Crippen LogP) is 2.56. The number of hydrogen-bond acceptors (Lipinski definition) is 3. The molecule has 1 rings (SSSR count). The third-order valence-electron chi connectivity index (χ3n) is 1.69. The molecule has 0 heterocycles. The van der Waals surface area contributed by atoms with Crippen LogP contribution < -0.4 is 0 Å². The van der Waals surface area contributed by atoms with E-state index in [0.717, 1.165) is 0 Å². The zero-order valence-electron chi connectivity index (χ0n) is 8.27. The molecule has 1 aromatic rings. The average Bonchev–Trinajstić information content (AvgIpc) is 2.26. The van der Waals surface area contributed by atoms with Gasteiger partial charge in [0.1, 0.15) is 0 Å². The predicted molar refractivity (Wildman–Crippen MR) is 54.5 cm³/mol. The highest BCUT2D eigenvalue weighted by Gasteiger charge is 2.13. The Bertz CT molecular complexity index is 450. The second-order valence-electron chi connectivity index (χ2n) is 2.87. The normalized spacial score (nSPS) is 11.1. The Morgan fingerprint density at radius 1 is 1.25 bits per heavy atom. The molecule has 0 aliphatic rings. The number of rotatable bonds is 5. The first-order chi connectivity index (χ1) is 7.52. The molecular formula is C10H10F2O3S. The summed E-state index contributed by atoms with van der Waals surface area (Å²) >= 11 is 0. The maximum Gasteiger partial charge on any atom is 0.296 e. The van der Waals surface area contributed by atoms with Gasteiger partial charge >= 0.3 is 0 Å². The van der Waals surface area contributed by atoms with E-state index >= 15 is 0 Å². The molecule has 0 N–H and O–H groups in total. The molecule has 0 bridgehead atoms. The second kappa shape index (κ2) is 5.72. The van der Waals surface area contributed by atoms with Gasteiger partial charge in [-0.3, -0.25) is 4.18 Å². The third kappa shape index (κ3) is 4.08. The average molecular weight is 248 g/mol. The van der Waals surface area contributed by atoms with E-state index in [-0.39, 0.29) is 17.9 Å². The molecule has 0 atom stereocenters. The highest BCUT2D eigenvalue weighted by Crippen LogP contribution is 2.11. The van der Waals surface area contributed by atoms with E-state index in [9.17, 15) is 17.2 Å². The molecule has 0 amide bonds. The van der Waals surface area contributed by atoms with Crippen LogP contribution in [0.2, 0.25) is 0 Å². The molecule has 1 aromatic carbocycles. The van der Waals surface area contributed by atoms with Gasteiger partial charge in [0.25, 0.3) is 16.2 Å². The van der Waals surface area contributed by atoms with Crippen LogP contribution in [0.3, 0.4) is 0 Å². The fourth-order valence-corrected chi connectivity index (χ4v) is 1.92. The lowest BCUT2D eigenvalue weighted by atomic mass is 10.4. The van der Waals surface area contributed by atoms with Gasteiger partial charge in [-0.2, -0.15) is 17.2 Å². The van der Waals surface area contributed by atoms with Crippen molar-refractivity contribution in [3.05, 3.63) is 42.5 Å². The monoisotopic (exact) mass is 248 g/mol. The summed E-state index contributed by atoms with van der Waals surface area (Å²) in [5.74, 6) is 0. The lowest BCUT2D eigenvalue weighted by molar-refractivity contribution is 0.320. The molecule has 3 nitrogen and oxygen atoms in total. The van der Waals surface area contributed by atoms with E-state index in [2.05, 4.69) is 4.18 Å². The fraction of sp³-hybridized carbons (Fsp3) is 0.200. The van der Waals surface area contributed by atoms with Gasteiger partial charge < -0.3 is 0 Å². The lowest BCUT2D eigenvalue weighted by Crippen LogP contribution is -2.06. The Balaban J connectivity index is 2.57. The third-order valence-corrected chi connectivity index (χ3v) is 3.01. The zero-order valence-corrected chi connectivity index (χ0v) is 9.08. The Labute approximate surface area is 92.5 Å². The van der Waals surface area contributed by atoms with Crippen LogP contribution >= 0.6 is 0 Å². The van der Waals surface area contributed by atoms with Gasteiger partial charge in [-0.1, -0.05) is 18.2 Å². The van der Waals surface area contributed by atoms with Crippen molar-refractivity contribution in [2.24, 2.45) is 0 Å². The Morgan fingerprint density at radius 3 is 2.44 bits per heavy atom. The number of hydrogen-bond donors (Lipinski definition) is 0. The number of halogens is 2. The van der Waals surface area contributed by atoms with Crippen molar-refractivity contribution in [2.75, 3.05) is 6.61 Å². The highest BCUT2D eigenvalue weighted by atomic mass is 32.2.